The largest absolute Gasteiger partial charge is 0.496 e. The highest BCUT2D eigenvalue weighted by atomic mass is 35.5. The molecular formula is C12H12ClNO5. The summed E-state index contributed by atoms with van der Waals surface area (Å²) in [6.45, 7) is 0.839. The monoisotopic (exact) mass is 285 g/mol. The van der Waals surface area contributed by atoms with Crippen LogP contribution in [0.15, 0.2) is 12.1 Å². The van der Waals surface area contributed by atoms with Crippen LogP contribution in [-0.4, -0.2) is 37.4 Å². The van der Waals surface area contributed by atoms with Crippen molar-refractivity contribution < 1.29 is 24.2 Å². The number of anilines is 1. The number of aromatic carboxylic acids is 1. The SMILES string of the molecule is COc1cc(N2CCCOC2=O)c(Cl)cc1C(=O)O. The van der Waals surface area contributed by atoms with Crippen LogP contribution >= 0.6 is 11.6 Å². The molecule has 0 aromatic heterocycles. The van der Waals surface area contributed by atoms with Crippen molar-refractivity contribution in [2.45, 2.75) is 6.42 Å². The van der Waals surface area contributed by atoms with Gasteiger partial charge in [-0.05, 0) is 12.5 Å². The van der Waals surface area contributed by atoms with Crippen LogP contribution in [0, 0.1) is 0 Å². The second-order valence-corrected chi connectivity index (χ2v) is 4.34. The van der Waals surface area contributed by atoms with Crippen LogP contribution in [0.2, 0.25) is 5.02 Å². The summed E-state index contributed by atoms with van der Waals surface area (Å²) in [6.07, 6.45) is 0.184. The first-order valence-electron chi connectivity index (χ1n) is 5.59. The van der Waals surface area contributed by atoms with Gasteiger partial charge in [-0.25, -0.2) is 9.59 Å². The molecule has 0 atom stereocenters. The second-order valence-electron chi connectivity index (χ2n) is 3.93. The van der Waals surface area contributed by atoms with Crippen molar-refractivity contribution >= 4 is 29.4 Å². The number of carbonyl (C=O) groups is 2. The van der Waals surface area contributed by atoms with Crippen LogP contribution in [0.3, 0.4) is 0 Å². The maximum atomic E-state index is 11.7. The summed E-state index contributed by atoms with van der Waals surface area (Å²) >= 11 is 6.03. The molecule has 2 rings (SSSR count). The fourth-order valence-electron chi connectivity index (χ4n) is 1.86. The number of methoxy groups -OCH3 is 1. The second kappa shape index (κ2) is 5.36. The molecule has 1 heterocycles. The number of benzene rings is 1. The lowest BCUT2D eigenvalue weighted by atomic mass is 10.1. The lowest BCUT2D eigenvalue weighted by molar-refractivity contribution is 0.0693. The van der Waals surface area contributed by atoms with Crippen molar-refractivity contribution in [1.82, 2.24) is 0 Å². The van der Waals surface area contributed by atoms with E-state index in [2.05, 4.69) is 0 Å². The molecule has 1 aliphatic heterocycles. The summed E-state index contributed by atoms with van der Waals surface area (Å²) in [5.74, 6) is -1.00. The molecule has 1 N–H and O–H groups in total. The van der Waals surface area contributed by atoms with Gasteiger partial charge in [0.1, 0.15) is 11.3 Å². The fourth-order valence-corrected chi connectivity index (χ4v) is 2.12. The number of carbonyl (C=O) groups excluding carboxylic acids is 1. The average molecular weight is 286 g/mol. The summed E-state index contributed by atoms with van der Waals surface area (Å²) in [6, 6.07) is 2.69. The van der Waals surface area contributed by atoms with Crippen molar-refractivity contribution in [2.75, 3.05) is 25.2 Å². The number of amides is 1. The van der Waals surface area contributed by atoms with E-state index in [9.17, 15) is 9.59 Å². The van der Waals surface area contributed by atoms with Crippen LogP contribution in [0.5, 0.6) is 5.75 Å². The predicted molar refractivity (Wildman–Crippen MR) is 68.3 cm³/mol. The molecule has 1 amide bonds. The van der Waals surface area contributed by atoms with E-state index in [0.717, 1.165) is 0 Å². The van der Waals surface area contributed by atoms with Gasteiger partial charge in [0.15, 0.2) is 0 Å². The molecule has 1 aliphatic rings. The summed E-state index contributed by atoms with van der Waals surface area (Å²) in [5, 5.41) is 9.19. The third-order valence-electron chi connectivity index (χ3n) is 2.76. The van der Waals surface area contributed by atoms with Gasteiger partial charge < -0.3 is 14.6 Å². The van der Waals surface area contributed by atoms with Crippen LogP contribution in [0.1, 0.15) is 16.8 Å². The molecule has 0 aliphatic carbocycles. The maximum absolute atomic E-state index is 11.7. The highest BCUT2D eigenvalue weighted by molar-refractivity contribution is 6.34. The number of halogens is 1. The van der Waals surface area contributed by atoms with Gasteiger partial charge in [-0.1, -0.05) is 11.6 Å². The Bertz CT molecular complexity index is 531. The molecule has 102 valence electrons. The molecule has 0 radical (unpaired) electrons. The van der Waals surface area contributed by atoms with Crippen LogP contribution in [0.4, 0.5) is 10.5 Å². The number of cyclic esters (lactones) is 1. The van der Waals surface area contributed by atoms with E-state index in [1.807, 2.05) is 0 Å². The Morgan fingerprint density at radius 3 is 2.84 bits per heavy atom. The average Bonchev–Trinajstić information content (AvgIpc) is 2.39. The zero-order chi connectivity index (χ0) is 14.0. The molecule has 1 saturated heterocycles. The minimum atomic E-state index is -1.15. The third-order valence-corrected chi connectivity index (χ3v) is 3.06. The first-order valence-corrected chi connectivity index (χ1v) is 5.97. The Morgan fingerprint density at radius 1 is 1.53 bits per heavy atom. The smallest absolute Gasteiger partial charge is 0.414 e. The molecule has 0 saturated carbocycles. The van der Waals surface area contributed by atoms with E-state index in [0.29, 0.717) is 25.3 Å². The van der Waals surface area contributed by atoms with Crippen molar-refractivity contribution in [1.29, 1.82) is 0 Å². The van der Waals surface area contributed by atoms with Crippen LogP contribution < -0.4 is 9.64 Å². The first kappa shape index (κ1) is 13.5. The van der Waals surface area contributed by atoms with Gasteiger partial charge in [-0.2, -0.15) is 0 Å². The van der Waals surface area contributed by atoms with Gasteiger partial charge in [0, 0.05) is 12.6 Å². The summed E-state index contributed by atoms with van der Waals surface area (Å²) in [4.78, 5) is 24.1. The first-order chi connectivity index (χ1) is 9.04. The number of carboxylic acid groups (broad SMARTS) is 1. The zero-order valence-corrected chi connectivity index (χ0v) is 10.9. The summed E-state index contributed by atoms with van der Waals surface area (Å²) in [7, 11) is 1.36. The van der Waals surface area contributed by atoms with E-state index in [4.69, 9.17) is 26.2 Å². The number of hydrogen-bond acceptors (Lipinski definition) is 4. The van der Waals surface area contributed by atoms with E-state index < -0.39 is 12.1 Å². The molecule has 1 fully saturated rings. The maximum Gasteiger partial charge on any atom is 0.414 e. The predicted octanol–water partition coefficient (Wildman–Crippen LogP) is 2.39. The molecule has 6 nitrogen and oxygen atoms in total. The Balaban J connectivity index is 2.46. The molecule has 0 spiro atoms. The summed E-state index contributed by atoms with van der Waals surface area (Å²) < 4.78 is 9.93. The topological polar surface area (TPSA) is 76.1 Å². The molecule has 7 heteroatoms. The van der Waals surface area contributed by atoms with E-state index in [1.54, 1.807) is 0 Å². The molecule has 0 unspecified atom stereocenters. The van der Waals surface area contributed by atoms with Gasteiger partial charge in [-0.15, -0.1) is 0 Å². The fraction of sp³-hybridized carbons (Fsp3) is 0.333. The highest BCUT2D eigenvalue weighted by Crippen LogP contribution is 2.34. The number of nitrogens with zero attached hydrogens (tertiary/aromatic N) is 1. The van der Waals surface area contributed by atoms with Gasteiger partial charge in [0.05, 0.1) is 24.4 Å². The Kier molecular flexibility index (Phi) is 3.80. The number of hydrogen-bond donors (Lipinski definition) is 1. The van der Waals surface area contributed by atoms with E-state index in [-0.39, 0.29) is 16.3 Å². The Labute approximate surface area is 114 Å². The van der Waals surface area contributed by atoms with Gasteiger partial charge >= 0.3 is 12.1 Å². The minimum Gasteiger partial charge on any atom is -0.496 e. The van der Waals surface area contributed by atoms with E-state index >= 15 is 0 Å². The lowest BCUT2D eigenvalue weighted by Crippen LogP contribution is -2.37. The van der Waals surface area contributed by atoms with Gasteiger partial charge in [-0.3, -0.25) is 4.90 Å². The van der Waals surface area contributed by atoms with Crippen molar-refractivity contribution in [3.8, 4) is 5.75 Å². The minimum absolute atomic E-state index is 0.0540. The lowest BCUT2D eigenvalue weighted by Gasteiger charge is -2.27. The van der Waals surface area contributed by atoms with Crippen LogP contribution in [0.25, 0.3) is 0 Å². The number of rotatable bonds is 3. The summed E-state index contributed by atoms with van der Waals surface area (Å²) in [5.41, 5.74) is 0.329. The van der Waals surface area contributed by atoms with E-state index in [1.165, 1.54) is 24.1 Å². The molecule has 0 bridgehead atoms. The van der Waals surface area contributed by atoms with Crippen molar-refractivity contribution in [3.05, 3.63) is 22.7 Å². The number of ether oxygens (including phenoxy) is 2. The third kappa shape index (κ3) is 2.58. The Morgan fingerprint density at radius 2 is 2.26 bits per heavy atom. The Hall–Kier alpha value is -1.95. The number of carboxylic acids is 1. The standard InChI is InChI=1S/C12H12ClNO5/c1-18-10-6-9(8(13)5-7(10)11(15)16)14-3-2-4-19-12(14)17/h5-6H,2-4H2,1H3,(H,15,16). The molecule has 1 aromatic carbocycles. The quantitative estimate of drug-likeness (QED) is 0.923. The zero-order valence-electron chi connectivity index (χ0n) is 10.2. The molecule has 1 aromatic rings. The molecule has 19 heavy (non-hydrogen) atoms. The van der Waals surface area contributed by atoms with Crippen molar-refractivity contribution in [2.24, 2.45) is 0 Å². The highest BCUT2D eigenvalue weighted by Gasteiger charge is 2.25. The van der Waals surface area contributed by atoms with Gasteiger partial charge in [0.25, 0.3) is 0 Å². The van der Waals surface area contributed by atoms with Crippen LogP contribution in [-0.2, 0) is 4.74 Å². The normalized spacial score (nSPS) is 15.1. The molecular weight excluding hydrogens is 274 g/mol. The van der Waals surface area contributed by atoms with Gasteiger partial charge in [0.2, 0.25) is 0 Å². The van der Waals surface area contributed by atoms with Crippen molar-refractivity contribution in [3.63, 3.8) is 0 Å².